The van der Waals surface area contributed by atoms with Gasteiger partial charge in [-0.2, -0.15) is 0 Å². The van der Waals surface area contributed by atoms with E-state index in [2.05, 4.69) is 20.7 Å². The molecule has 11 nitrogen and oxygen atoms in total. The molecule has 4 atom stereocenters. The van der Waals surface area contributed by atoms with Gasteiger partial charge in [0.05, 0.1) is 7.11 Å². The van der Waals surface area contributed by atoms with Crippen molar-refractivity contribution in [2.75, 3.05) is 12.4 Å². The number of carbonyl (C=O) groups is 4. The van der Waals surface area contributed by atoms with E-state index >= 15 is 0 Å². The molecular weight excluding hydrogens is 552 g/mol. The number of pyridine rings is 1. The smallest absolute Gasteiger partial charge is 0.330 e. The van der Waals surface area contributed by atoms with Crippen molar-refractivity contribution in [3.63, 3.8) is 0 Å². The highest BCUT2D eigenvalue weighted by Gasteiger charge is 2.40. The number of hydrogen-bond donors (Lipinski definition) is 3. The largest absolute Gasteiger partial charge is 0.466 e. The predicted molar refractivity (Wildman–Crippen MR) is 159 cm³/mol. The maximum absolute atomic E-state index is 13.4. The molecule has 43 heavy (non-hydrogen) atoms. The quantitative estimate of drug-likeness (QED) is 0.229. The first-order valence-corrected chi connectivity index (χ1v) is 14.6. The van der Waals surface area contributed by atoms with E-state index in [1.807, 2.05) is 12.1 Å². The van der Waals surface area contributed by atoms with Gasteiger partial charge in [0.2, 0.25) is 11.8 Å². The van der Waals surface area contributed by atoms with Crippen LogP contribution in [0.5, 0.6) is 0 Å². The molecule has 2 aliphatic carbocycles. The fraction of sp³-hybridized carbons (Fsp3) is 0.406. The topological polar surface area (TPSA) is 149 Å². The number of benzene rings is 1. The number of rotatable bonds is 11. The van der Waals surface area contributed by atoms with E-state index in [4.69, 9.17) is 4.42 Å². The number of esters is 1. The molecule has 2 fully saturated rings. The van der Waals surface area contributed by atoms with Gasteiger partial charge in [0.25, 0.3) is 11.5 Å². The van der Waals surface area contributed by atoms with Gasteiger partial charge in [-0.05, 0) is 69.1 Å². The summed E-state index contributed by atoms with van der Waals surface area (Å²) in [5, 5.41) is 9.18. The van der Waals surface area contributed by atoms with Crippen molar-refractivity contribution in [1.29, 1.82) is 0 Å². The summed E-state index contributed by atoms with van der Waals surface area (Å²) in [6, 6.07) is 9.33. The first-order chi connectivity index (χ1) is 20.7. The van der Waals surface area contributed by atoms with Gasteiger partial charge < -0.3 is 29.7 Å². The summed E-state index contributed by atoms with van der Waals surface area (Å²) in [6.45, 7) is 1.59. The number of nitrogens with zero attached hydrogens (tertiary/aromatic N) is 1. The lowest BCUT2D eigenvalue weighted by Crippen LogP contribution is -2.45. The Hall–Kier alpha value is -4.67. The Morgan fingerprint density at radius 2 is 1.93 bits per heavy atom. The first kappa shape index (κ1) is 29.8. The highest BCUT2D eigenvalue weighted by molar-refractivity contribution is 6.03. The lowest BCUT2D eigenvalue weighted by molar-refractivity contribution is -0.134. The van der Waals surface area contributed by atoms with Crippen LogP contribution in [0.2, 0.25) is 0 Å². The fourth-order valence-electron chi connectivity index (χ4n) is 6.20. The molecule has 0 spiro atoms. The average Bonchev–Trinajstić information content (AvgIpc) is 3.71. The molecule has 0 aliphatic heterocycles. The maximum Gasteiger partial charge on any atom is 0.330 e. The van der Waals surface area contributed by atoms with Gasteiger partial charge in [0.15, 0.2) is 5.76 Å². The number of aromatic nitrogens is 1. The summed E-state index contributed by atoms with van der Waals surface area (Å²) in [4.78, 5) is 64.0. The second-order valence-electron chi connectivity index (χ2n) is 11.3. The van der Waals surface area contributed by atoms with Crippen LogP contribution in [0.4, 0.5) is 5.69 Å². The molecule has 2 saturated carbocycles. The van der Waals surface area contributed by atoms with Crippen molar-refractivity contribution < 1.29 is 28.3 Å². The number of ether oxygens (including phenoxy) is 1. The van der Waals surface area contributed by atoms with Crippen LogP contribution in [0.15, 0.2) is 64.0 Å². The standard InChI is InChI=1S/C32H36N4O7/c1-19-22-8-3-5-11-26(22)43-29(19)31(40)34-23(9-4-6-12-28(38)42-2)30(39)35-24-10-7-15-36(32(24)41)18-27(37)33-25-17-20-13-14-21(25)16-20/h3,5-8,10-12,15,20-21,23,25H,4,9,13-14,16-18H2,1-2H3,(H,33,37)(H,34,40)(H,35,39)/b12-6+/t20?,21?,23-,25+/m0/s1. The van der Waals surface area contributed by atoms with Crippen molar-refractivity contribution >= 4 is 40.3 Å². The number of anilines is 1. The Bertz CT molecular complexity index is 1620. The number of para-hydroxylation sites is 1. The van der Waals surface area contributed by atoms with Crippen LogP contribution in [-0.4, -0.2) is 47.5 Å². The van der Waals surface area contributed by atoms with Crippen LogP contribution < -0.4 is 21.5 Å². The number of methoxy groups -OCH3 is 1. The number of furan rings is 1. The molecule has 5 rings (SSSR count). The second-order valence-corrected chi connectivity index (χ2v) is 11.3. The molecule has 2 unspecified atom stereocenters. The van der Waals surface area contributed by atoms with Crippen LogP contribution in [0.1, 0.15) is 54.6 Å². The Morgan fingerprint density at radius 1 is 1.12 bits per heavy atom. The van der Waals surface area contributed by atoms with Crippen LogP contribution in [0.3, 0.4) is 0 Å². The van der Waals surface area contributed by atoms with Crippen LogP contribution in [0.25, 0.3) is 11.0 Å². The number of aryl methyl sites for hydroxylation is 1. The van der Waals surface area contributed by atoms with Gasteiger partial charge in [-0.1, -0.05) is 30.7 Å². The summed E-state index contributed by atoms with van der Waals surface area (Å²) in [6.07, 6.45) is 9.14. The molecular formula is C32H36N4O7. The minimum Gasteiger partial charge on any atom is -0.466 e. The molecule has 2 aromatic heterocycles. The molecule has 2 aliphatic rings. The normalized spacial score (nSPS) is 19.8. The third-order valence-corrected chi connectivity index (χ3v) is 8.43. The second kappa shape index (κ2) is 13.1. The van der Waals surface area contributed by atoms with Crippen molar-refractivity contribution in [1.82, 2.24) is 15.2 Å². The monoisotopic (exact) mass is 588 g/mol. The number of amides is 3. The molecule has 11 heteroatoms. The summed E-state index contributed by atoms with van der Waals surface area (Å²) in [5.41, 5.74) is 0.612. The third kappa shape index (κ3) is 6.87. The van der Waals surface area contributed by atoms with E-state index in [1.165, 1.54) is 42.5 Å². The van der Waals surface area contributed by atoms with Gasteiger partial charge in [-0.15, -0.1) is 0 Å². The molecule has 3 aromatic rings. The van der Waals surface area contributed by atoms with Crippen molar-refractivity contribution in [2.24, 2.45) is 11.8 Å². The van der Waals surface area contributed by atoms with Crippen molar-refractivity contribution in [2.45, 2.75) is 64.1 Å². The predicted octanol–water partition coefficient (Wildman–Crippen LogP) is 3.45. The number of hydrogen-bond acceptors (Lipinski definition) is 7. The first-order valence-electron chi connectivity index (χ1n) is 14.6. The van der Waals surface area contributed by atoms with Gasteiger partial charge in [0.1, 0.15) is 23.9 Å². The molecule has 0 saturated heterocycles. The van der Waals surface area contributed by atoms with Gasteiger partial charge >= 0.3 is 5.97 Å². The molecule has 0 radical (unpaired) electrons. The molecule has 1 aromatic carbocycles. The Labute approximate surface area is 248 Å². The summed E-state index contributed by atoms with van der Waals surface area (Å²) in [7, 11) is 1.26. The van der Waals surface area contributed by atoms with E-state index in [9.17, 15) is 24.0 Å². The number of nitrogens with one attached hydrogen (secondary N) is 3. The number of carbonyl (C=O) groups excluding carboxylic acids is 4. The number of fused-ring (bicyclic) bond motifs is 3. The molecule has 3 N–H and O–H groups in total. The lowest BCUT2D eigenvalue weighted by Gasteiger charge is -2.23. The van der Waals surface area contributed by atoms with Crippen LogP contribution in [0, 0.1) is 18.8 Å². The molecule has 2 bridgehead atoms. The summed E-state index contributed by atoms with van der Waals surface area (Å²) < 4.78 is 11.6. The van der Waals surface area contributed by atoms with Crippen LogP contribution >= 0.6 is 0 Å². The zero-order chi connectivity index (χ0) is 30.5. The van der Waals surface area contributed by atoms with Gasteiger partial charge in [-0.25, -0.2) is 4.79 Å². The van der Waals surface area contributed by atoms with Gasteiger partial charge in [-0.3, -0.25) is 19.2 Å². The fourth-order valence-corrected chi connectivity index (χ4v) is 6.20. The third-order valence-electron chi connectivity index (χ3n) is 8.43. The maximum atomic E-state index is 13.4. The van der Waals surface area contributed by atoms with E-state index in [-0.39, 0.29) is 42.8 Å². The average molecular weight is 589 g/mol. The lowest BCUT2D eigenvalue weighted by atomic mass is 9.95. The highest BCUT2D eigenvalue weighted by Crippen LogP contribution is 2.44. The van der Waals surface area contributed by atoms with E-state index in [0.29, 0.717) is 23.0 Å². The van der Waals surface area contributed by atoms with E-state index in [0.717, 1.165) is 24.6 Å². The van der Waals surface area contributed by atoms with Crippen molar-refractivity contribution in [3.05, 3.63) is 76.4 Å². The summed E-state index contributed by atoms with van der Waals surface area (Å²) in [5.74, 6) is -0.744. The molecule has 2 heterocycles. The zero-order valence-electron chi connectivity index (χ0n) is 24.3. The van der Waals surface area contributed by atoms with E-state index in [1.54, 1.807) is 25.1 Å². The minimum absolute atomic E-state index is 0.0236. The van der Waals surface area contributed by atoms with E-state index < -0.39 is 29.4 Å². The Kier molecular flexibility index (Phi) is 9.08. The number of allylic oxidation sites excluding steroid dienone is 1. The summed E-state index contributed by atoms with van der Waals surface area (Å²) >= 11 is 0. The molecule has 226 valence electrons. The SMILES string of the molecule is COC(=O)/C=C/CC[C@H](NC(=O)c1oc2ccccc2c1C)C(=O)Nc1cccn(CC(=O)N[C@@H]2CC3CCC2C3)c1=O. The van der Waals surface area contributed by atoms with Crippen molar-refractivity contribution in [3.8, 4) is 0 Å². The molecule has 3 amide bonds. The zero-order valence-corrected chi connectivity index (χ0v) is 24.3. The highest BCUT2D eigenvalue weighted by atomic mass is 16.5. The van der Waals surface area contributed by atoms with Crippen LogP contribution in [-0.2, 0) is 25.7 Å². The Balaban J connectivity index is 1.28. The van der Waals surface area contributed by atoms with Gasteiger partial charge in [0, 0.05) is 29.3 Å². The minimum atomic E-state index is -1.07. The Morgan fingerprint density at radius 3 is 2.65 bits per heavy atom.